The van der Waals surface area contributed by atoms with Crippen LogP contribution >= 0.6 is 0 Å². The SMILES string of the molecule is COCC(NS(C)(=O)=O)c1ccc(F)c(F)c1. The third-order valence-electron chi connectivity index (χ3n) is 2.04. The fourth-order valence-electron chi connectivity index (χ4n) is 1.35. The summed E-state index contributed by atoms with van der Waals surface area (Å²) in [5.41, 5.74) is 0.302. The number of ether oxygens (including phenoxy) is 1. The summed E-state index contributed by atoms with van der Waals surface area (Å²) in [5, 5.41) is 0. The van der Waals surface area contributed by atoms with Crippen molar-refractivity contribution >= 4 is 10.0 Å². The summed E-state index contributed by atoms with van der Waals surface area (Å²) in [6.07, 6.45) is 0.982. The number of nitrogens with one attached hydrogen (secondary N) is 1. The maximum atomic E-state index is 13.0. The highest BCUT2D eigenvalue weighted by atomic mass is 32.2. The quantitative estimate of drug-likeness (QED) is 0.870. The molecule has 1 N–H and O–H groups in total. The lowest BCUT2D eigenvalue weighted by Crippen LogP contribution is -2.30. The van der Waals surface area contributed by atoms with Crippen LogP contribution in [0.25, 0.3) is 0 Å². The molecule has 0 saturated carbocycles. The number of sulfonamides is 1. The Hall–Kier alpha value is -1.05. The predicted molar refractivity (Wildman–Crippen MR) is 59.0 cm³/mol. The van der Waals surface area contributed by atoms with Crippen LogP contribution in [0.5, 0.6) is 0 Å². The van der Waals surface area contributed by atoms with E-state index in [0.717, 1.165) is 18.4 Å². The van der Waals surface area contributed by atoms with Gasteiger partial charge in [0.2, 0.25) is 10.0 Å². The predicted octanol–water partition coefficient (Wildman–Crippen LogP) is 1.20. The lowest BCUT2D eigenvalue weighted by Gasteiger charge is -2.17. The second-order valence-corrected chi connectivity index (χ2v) is 5.35. The molecule has 1 aromatic rings. The van der Waals surface area contributed by atoms with Crippen LogP contribution in [0.4, 0.5) is 8.78 Å². The van der Waals surface area contributed by atoms with E-state index in [1.807, 2.05) is 0 Å². The number of methoxy groups -OCH3 is 1. The third-order valence-corrected chi connectivity index (χ3v) is 2.75. The molecular weight excluding hydrogens is 252 g/mol. The summed E-state index contributed by atoms with van der Waals surface area (Å²) in [5.74, 6) is -2.01. The van der Waals surface area contributed by atoms with Crippen molar-refractivity contribution in [3.63, 3.8) is 0 Å². The van der Waals surface area contributed by atoms with Gasteiger partial charge in [0, 0.05) is 7.11 Å². The van der Waals surface area contributed by atoms with Crippen LogP contribution in [0, 0.1) is 11.6 Å². The second-order valence-electron chi connectivity index (χ2n) is 3.57. The maximum absolute atomic E-state index is 13.0. The Morgan fingerprint density at radius 3 is 2.47 bits per heavy atom. The molecule has 0 aliphatic carbocycles. The van der Waals surface area contributed by atoms with Crippen molar-refractivity contribution in [3.05, 3.63) is 35.4 Å². The number of hydrogen-bond donors (Lipinski definition) is 1. The molecule has 1 atom stereocenters. The van der Waals surface area contributed by atoms with Crippen LogP contribution < -0.4 is 4.72 Å². The number of halogens is 2. The van der Waals surface area contributed by atoms with Crippen molar-refractivity contribution in [2.75, 3.05) is 20.0 Å². The van der Waals surface area contributed by atoms with Crippen LogP contribution in [0.1, 0.15) is 11.6 Å². The zero-order chi connectivity index (χ0) is 13.1. The van der Waals surface area contributed by atoms with Gasteiger partial charge in [0.25, 0.3) is 0 Å². The van der Waals surface area contributed by atoms with E-state index in [1.54, 1.807) is 0 Å². The standard InChI is InChI=1S/C10H13F2NO3S/c1-16-6-10(13-17(2,14)15)7-3-4-8(11)9(12)5-7/h3-5,10,13H,6H2,1-2H3. The molecular formula is C10H13F2NO3S. The fraction of sp³-hybridized carbons (Fsp3) is 0.400. The highest BCUT2D eigenvalue weighted by Crippen LogP contribution is 2.17. The second kappa shape index (κ2) is 5.52. The highest BCUT2D eigenvalue weighted by Gasteiger charge is 2.17. The Labute approximate surface area is 98.6 Å². The van der Waals surface area contributed by atoms with Gasteiger partial charge in [-0.05, 0) is 17.7 Å². The summed E-state index contributed by atoms with van der Waals surface area (Å²) in [6, 6.07) is 2.44. The van der Waals surface area contributed by atoms with E-state index in [-0.39, 0.29) is 6.61 Å². The first kappa shape index (κ1) is 14.0. The van der Waals surface area contributed by atoms with E-state index in [9.17, 15) is 17.2 Å². The summed E-state index contributed by atoms with van der Waals surface area (Å²) >= 11 is 0. The van der Waals surface area contributed by atoms with Gasteiger partial charge in [0.05, 0.1) is 18.9 Å². The molecule has 0 heterocycles. The molecule has 17 heavy (non-hydrogen) atoms. The molecule has 0 fully saturated rings. The molecule has 1 unspecified atom stereocenters. The van der Waals surface area contributed by atoms with E-state index in [2.05, 4.69) is 4.72 Å². The van der Waals surface area contributed by atoms with Crippen LogP contribution in [-0.4, -0.2) is 28.4 Å². The largest absolute Gasteiger partial charge is 0.383 e. The van der Waals surface area contributed by atoms with Gasteiger partial charge in [-0.2, -0.15) is 0 Å². The normalized spacial score (nSPS) is 13.6. The van der Waals surface area contributed by atoms with Crippen LogP contribution in [0.3, 0.4) is 0 Å². The molecule has 0 saturated heterocycles. The van der Waals surface area contributed by atoms with Gasteiger partial charge in [-0.15, -0.1) is 0 Å². The molecule has 0 aromatic heterocycles. The van der Waals surface area contributed by atoms with E-state index < -0.39 is 27.7 Å². The van der Waals surface area contributed by atoms with E-state index in [0.29, 0.717) is 5.56 Å². The highest BCUT2D eigenvalue weighted by molar-refractivity contribution is 7.88. The minimum atomic E-state index is -3.46. The maximum Gasteiger partial charge on any atom is 0.209 e. The van der Waals surface area contributed by atoms with Gasteiger partial charge in [-0.25, -0.2) is 21.9 Å². The molecule has 0 aliphatic heterocycles. The van der Waals surface area contributed by atoms with Gasteiger partial charge in [-0.3, -0.25) is 0 Å². The lowest BCUT2D eigenvalue weighted by atomic mass is 10.1. The van der Waals surface area contributed by atoms with Gasteiger partial charge < -0.3 is 4.74 Å². The summed E-state index contributed by atoms with van der Waals surface area (Å²) < 4.78 is 55.1. The fourth-order valence-corrected chi connectivity index (χ4v) is 2.07. The van der Waals surface area contributed by atoms with Gasteiger partial charge in [0.1, 0.15) is 0 Å². The monoisotopic (exact) mass is 265 g/mol. The van der Waals surface area contributed by atoms with Crippen LogP contribution in [0.15, 0.2) is 18.2 Å². The molecule has 7 heteroatoms. The lowest BCUT2D eigenvalue weighted by molar-refractivity contribution is 0.175. The average Bonchev–Trinajstić information content (AvgIpc) is 2.19. The Morgan fingerprint density at radius 2 is 2.00 bits per heavy atom. The number of rotatable bonds is 5. The van der Waals surface area contributed by atoms with Crippen LogP contribution in [-0.2, 0) is 14.8 Å². The molecule has 96 valence electrons. The summed E-state index contributed by atoms with van der Waals surface area (Å²) in [6.45, 7) is 0.0259. The van der Waals surface area contributed by atoms with E-state index in [4.69, 9.17) is 4.74 Å². The van der Waals surface area contributed by atoms with Gasteiger partial charge >= 0.3 is 0 Å². The Balaban J connectivity index is 3.01. The van der Waals surface area contributed by atoms with Crippen molar-refractivity contribution < 1.29 is 21.9 Å². The first-order chi connectivity index (χ1) is 7.83. The molecule has 4 nitrogen and oxygen atoms in total. The first-order valence-corrected chi connectivity index (χ1v) is 6.64. The van der Waals surface area contributed by atoms with E-state index >= 15 is 0 Å². The number of benzene rings is 1. The van der Waals surface area contributed by atoms with Crippen molar-refractivity contribution in [3.8, 4) is 0 Å². The molecule has 0 spiro atoms. The molecule has 0 bridgehead atoms. The molecule has 0 amide bonds. The smallest absolute Gasteiger partial charge is 0.209 e. The van der Waals surface area contributed by atoms with Crippen molar-refractivity contribution in [2.24, 2.45) is 0 Å². The first-order valence-electron chi connectivity index (χ1n) is 4.74. The van der Waals surface area contributed by atoms with Crippen molar-refractivity contribution in [1.29, 1.82) is 0 Å². The van der Waals surface area contributed by atoms with Crippen molar-refractivity contribution in [1.82, 2.24) is 4.72 Å². The molecule has 1 rings (SSSR count). The molecule has 0 radical (unpaired) electrons. The van der Waals surface area contributed by atoms with E-state index in [1.165, 1.54) is 13.2 Å². The minimum absolute atomic E-state index is 0.0259. The summed E-state index contributed by atoms with van der Waals surface area (Å²) in [4.78, 5) is 0. The molecule has 1 aromatic carbocycles. The Kier molecular flexibility index (Phi) is 4.55. The zero-order valence-corrected chi connectivity index (χ0v) is 10.2. The van der Waals surface area contributed by atoms with Crippen LogP contribution in [0.2, 0.25) is 0 Å². The Bertz CT molecular complexity index is 490. The Morgan fingerprint density at radius 1 is 1.35 bits per heavy atom. The summed E-state index contributed by atoms with van der Waals surface area (Å²) in [7, 11) is -2.08. The van der Waals surface area contributed by atoms with Gasteiger partial charge in [-0.1, -0.05) is 6.07 Å². The van der Waals surface area contributed by atoms with Crippen molar-refractivity contribution in [2.45, 2.75) is 6.04 Å². The minimum Gasteiger partial charge on any atom is -0.383 e. The zero-order valence-electron chi connectivity index (χ0n) is 9.41. The third kappa shape index (κ3) is 4.37. The van der Waals surface area contributed by atoms with Gasteiger partial charge in [0.15, 0.2) is 11.6 Å². The number of hydrogen-bond acceptors (Lipinski definition) is 3. The average molecular weight is 265 g/mol. The topological polar surface area (TPSA) is 55.4 Å². The molecule has 0 aliphatic rings.